The summed E-state index contributed by atoms with van der Waals surface area (Å²) in [5, 5.41) is 9.42. The zero-order valence-corrected chi connectivity index (χ0v) is 15.7. The van der Waals surface area contributed by atoms with Crippen LogP contribution >= 0.6 is 23.2 Å². The number of allylic oxidation sites excluding steroid dienone is 1. The first-order valence-corrected chi connectivity index (χ1v) is 8.72. The predicted octanol–water partition coefficient (Wildman–Crippen LogP) is 4.57. The quantitative estimate of drug-likeness (QED) is 0.719. The highest BCUT2D eigenvalue weighted by Gasteiger charge is 2.31. The van der Waals surface area contributed by atoms with E-state index in [0.717, 1.165) is 11.1 Å². The minimum Gasteiger partial charge on any atom is -0.327 e. The van der Waals surface area contributed by atoms with Crippen molar-refractivity contribution in [1.29, 1.82) is 0 Å². The Labute approximate surface area is 161 Å². The summed E-state index contributed by atoms with van der Waals surface area (Å²) in [6.45, 7) is 3.58. The van der Waals surface area contributed by atoms with Crippen molar-refractivity contribution in [2.24, 2.45) is 0 Å². The lowest BCUT2D eigenvalue weighted by Gasteiger charge is -2.29. The van der Waals surface area contributed by atoms with Gasteiger partial charge in [0.1, 0.15) is 0 Å². The maximum atomic E-state index is 13.0. The normalized spacial score (nSPS) is 16.8. The molecule has 1 aliphatic heterocycles. The Morgan fingerprint density at radius 3 is 2.38 bits per heavy atom. The minimum absolute atomic E-state index is 0.319. The summed E-state index contributed by atoms with van der Waals surface area (Å²) in [7, 11) is 0. The summed E-state index contributed by atoms with van der Waals surface area (Å²) in [6.07, 6.45) is 0. The highest BCUT2D eigenvalue weighted by molar-refractivity contribution is 6.31. The first kappa shape index (κ1) is 18.3. The third-order valence-corrected chi connectivity index (χ3v) is 4.65. The van der Waals surface area contributed by atoms with Crippen molar-refractivity contribution in [3.63, 3.8) is 0 Å². The van der Waals surface area contributed by atoms with Crippen LogP contribution in [0.15, 0.2) is 53.7 Å². The summed E-state index contributed by atoms with van der Waals surface area (Å²) in [5.41, 5.74) is 3.18. The van der Waals surface area contributed by atoms with Gasteiger partial charge in [-0.25, -0.2) is 4.79 Å². The molecule has 2 aromatic rings. The van der Waals surface area contributed by atoms with E-state index >= 15 is 0 Å². The third kappa shape index (κ3) is 3.84. The molecule has 0 unspecified atom stereocenters. The molecule has 0 aromatic heterocycles. The molecule has 0 bridgehead atoms. The van der Waals surface area contributed by atoms with Crippen molar-refractivity contribution in [2.75, 3.05) is 5.32 Å². The number of halogens is 2. The van der Waals surface area contributed by atoms with E-state index in [9.17, 15) is 9.59 Å². The predicted molar refractivity (Wildman–Crippen MR) is 103 cm³/mol. The molecular formula is C19H17Cl2N3O2. The lowest BCUT2D eigenvalue weighted by atomic mass is 9.95. The van der Waals surface area contributed by atoms with Crippen LogP contribution in [0, 0.1) is 6.92 Å². The van der Waals surface area contributed by atoms with Crippen molar-refractivity contribution in [3.8, 4) is 0 Å². The number of carbonyl (C=O) groups is 2. The van der Waals surface area contributed by atoms with E-state index in [-0.39, 0.29) is 11.9 Å². The molecule has 0 spiro atoms. The summed E-state index contributed by atoms with van der Waals surface area (Å²) >= 11 is 12.0. The molecule has 0 aliphatic carbocycles. The Hall–Kier alpha value is -2.50. The highest BCUT2D eigenvalue weighted by atomic mass is 35.5. The molecule has 3 N–H and O–H groups in total. The second-order valence-corrected chi connectivity index (χ2v) is 6.91. The maximum Gasteiger partial charge on any atom is 0.319 e. The Kier molecular flexibility index (Phi) is 5.20. The molecule has 0 radical (unpaired) electrons. The van der Waals surface area contributed by atoms with Crippen LogP contribution in [0.1, 0.15) is 24.1 Å². The van der Waals surface area contributed by atoms with E-state index in [1.54, 1.807) is 43.3 Å². The summed E-state index contributed by atoms with van der Waals surface area (Å²) < 4.78 is 0. The SMILES string of the molecule is CC1=C(C(=O)Nc2cc(Cl)ccc2C)[C@H](c2ccc(Cl)cc2)NC(=O)N1. The van der Waals surface area contributed by atoms with Gasteiger partial charge >= 0.3 is 6.03 Å². The molecule has 0 saturated carbocycles. The van der Waals surface area contributed by atoms with Crippen LogP contribution in [-0.2, 0) is 4.79 Å². The van der Waals surface area contributed by atoms with Gasteiger partial charge in [-0.05, 0) is 49.2 Å². The van der Waals surface area contributed by atoms with Crippen LogP contribution in [0.5, 0.6) is 0 Å². The van der Waals surface area contributed by atoms with Crippen molar-refractivity contribution < 1.29 is 9.59 Å². The van der Waals surface area contributed by atoms with Gasteiger partial charge in [-0.15, -0.1) is 0 Å². The largest absolute Gasteiger partial charge is 0.327 e. The van der Waals surface area contributed by atoms with E-state index in [1.807, 2.05) is 13.0 Å². The molecule has 3 amide bonds. The Bertz CT molecular complexity index is 908. The van der Waals surface area contributed by atoms with Gasteiger partial charge in [-0.2, -0.15) is 0 Å². The molecular weight excluding hydrogens is 373 g/mol. The van der Waals surface area contributed by atoms with Crippen LogP contribution in [0.2, 0.25) is 10.0 Å². The molecule has 0 fully saturated rings. The topological polar surface area (TPSA) is 70.2 Å². The zero-order chi connectivity index (χ0) is 18.8. The Morgan fingerprint density at radius 2 is 1.69 bits per heavy atom. The summed E-state index contributed by atoms with van der Waals surface area (Å²) in [5.74, 6) is -0.319. The smallest absolute Gasteiger partial charge is 0.319 e. The molecule has 1 aliphatic rings. The van der Waals surface area contributed by atoms with Gasteiger partial charge < -0.3 is 16.0 Å². The first-order valence-electron chi connectivity index (χ1n) is 7.96. The standard InChI is InChI=1S/C19H17Cl2N3O2/c1-10-3-6-14(21)9-15(10)23-18(25)16-11(2)22-19(26)24-17(16)12-4-7-13(20)8-5-12/h3-9,17H,1-2H3,(H,23,25)(H2,22,24,26)/t17-/m0/s1. The van der Waals surface area contributed by atoms with Crippen molar-refractivity contribution >= 4 is 40.8 Å². The Morgan fingerprint density at radius 1 is 1.04 bits per heavy atom. The molecule has 5 nitrogen and oxygen atoms in total. The van der Waals surface area contributed by atoms with Crippen LogP contribution in [0.25, 0.3) is 0 Å². The van der Waals surface area contributed by atoms with E-state index in [4.69, 9.17) is 23.2 Å². The fraction of sp³-hybridized carbons (Fsp3) is 0.158. The Balaban J connectivity index is 1.96. The van der Waals surface area contributed by atoms with Gasteiger partial charge in [0.15, 0.2) is 0 Å². The third-order valence-electron chi connectivity index (χ3n) is 4.16. The van der Waals surface area contributed by atoms with Gasteiger partial charge in [0.05, 0.1) is 11.6 Å². The number of carbonyl (C=O) groups excluding carboxylic acids is 2. The van der Waals surface area contributed by atoms with Crippen LogP contribution in [-0.4, -0.2) is 11.9 Å². The highest BCUT2D eigenvalue weighted by Crippen LogP contribution is 2.29. The van der Waals surface area contributed by atoms with Gasteiger partial charge in [-0.1, -0.05) is 41.4 Å². The maximum absolute atomic E-state index is 13.0. The lowest BCUT2D eigenvalue weighted by Crippen LogP contribution is -2.46. The molecule has 1 atom stereocenters. The van der Waals surface area contributed by atoms with Crippen molar-refractivity contribution in [2.45, 2.75) is 19.9 Å². The van der Waals surface area contributed by atoms with Gasteiger partial charge in [0.25, 0.3) is 5.91 Å². The molecule has 0 saturated heterocycles. The molecule has 2 aromatic carbocycles. The van der Waals surface area contributed by atoms with Gasteiger partial charge in [0, 0.05) is 21.4 Å². The number of amides is 3. The van der Waals surface area contributed by atoms with Gasteiger partial charge in [-0.3, -0.25) is 4.79 Å². The number of nitrogens with one attached hydrogen (secondary N) is 3. The number of hydrogen-bond donors (Lipinski definition) is 3. The molecule has 3 rings (SSSR count). The molecule has 134 valence electrons. The summed E-state index contributed by atoms with van der Waals surface area (Å²) in [4.78, 5) is 24.9. The number of hydrogen-bond acceptors (Lipinski definition) is 2. The van der Waals surface area contributed by atoms with E-state index < -0.39 is 6.04 Å². The van der Waals surface area contributed by atoms with E-state index in [1.165, 1.54) is 0 Å². The first-order chi connectivity index (χ1) is 12.3. The monoisotopic (exact) mass is 389 g/mol. The van der Waals surface area contributed by atoms with Crippen LogP contribution in [0.3, 0.4) is 0 Å². The van der Waals surface area contributed by atoms with E-state index in [0.29, 0.717) is 27.0 Å². The number of rotatable bonds is 3. The molecule has 26 heavy (non-hydrogen) atoms. The van der Waals surface area contributed by atoms with Gasteiger partial charge in [0.2, 0.25) is 0 Å². The fourth-order valence-corrected chi connectivity index (χ4v) is 3.12. The average molecular weight is 390 g/mol. The number of anilines is 1. The average Bonchev–Trinajstić information content (AvgIpc) is 2.58. The van der Waals surface area contributed by atoms with Crippen molar-refractivity contribution in [1.82, 2.24) is 10.6 Å². The van der Waals surface area contributed by atoms with Crippen LogP contribution in [0.4, 0.5) is 10.5 Å². The van der Waals surface area contributed by atoms with Crippen molar-refractivity contribution in [3.05, 3.63) is 74.9 Å². The lowest BCUT2D eigenvalue weighted by molar-refractivity contribution is -0.113. The number of urea groups is 1. The van der Waals surface area contributed by atoms with Crippen LogP contribution < -0.4 is 16.0 Å². The molecule has 7 heteroatoms. The summed E-state index contributed by atoms with van der Waals surface area (Å²) in [6, 6.07) is 11.3. The zero-order valence-electron chi connectivity index (χ0n) is 14.2. The second-order valence-electron chi connectivity index (χ2n) is 6.04. The minimum atomic E-state index is -0.583. The number of aryl methyl sites for hydroxylation is 1. The number of benzene rings is 2. The second kappa shape index (κ2) is 7.40. The fourth-order valence-electron chi connectivity index (χ4n) is 2.82. The molecule has 1 heterocycles. The van der Waals surface area contributed by atoms with E-state index in [2.05, 4.69) is 16.0 Å².